The molecule has 2 aromatic carbocycles. The van der Waals surface area contributed by atoms with E-state index in [1.54, 1.807) is 0 Å². The molecule has 2 aliphatic rings. The Kier molecular flexibility index (Phi) is 5.41. The van der Waals surface area contributed by atoms with Gasteiger partial charge in [-0.3, -0.25) is 0 Å². The molecule has 0 radical (unpaired) electrons. The van der Waals surface area contributed by atoms with Crippen LogP contribution in [-0.2, 0) is 13.1 Å². The molecule has 0 saturated heterocycles. The molecular weight excluding hydrogens is 356 g/mol. The number of thiol groups is 1. The normalized spacial score (nSPS) is 22.4. The summed E-state index contributed by atoms with van der Waals surface area (Å²) in [6, 6.07) is 22.5. The molecule has 1 heterocycles. The van der Waals surface area contributed by atoms with Crippen LogP contribution in [0.1, 0.15) is 36.8 Å². The molecule has 134 valence electrons. The summed E-state index contributed by atoms with van der Waals surface area (Å²) in [5.74, 6) is 1.15. The molecule has 2 atom stereocenters. The quantitative estimate of drug-likeness (QED) is 0.456. The number of nitrogens with zero attached hydrogens (tertiary/aromatic N) is 2. The first-order valence-electron chi connectivity index (χ1n) is 9.45. The van der Waals surface area contributed by atoms with Crippen LogP contribution in [-0.4, -0.2) is 31.6 Å². The van der Waals surface area contributed by atoms with Crippen molar-refractivity contribution in [1.82, 2.24) is 4.90 Å². The highest BCUT2D eigenvalue weighted by Gasteiger charge is 2.49. The number of hydrogen-bond donors (Lipinski definition) is 1. The van der Waals surface area contributed by atoms with Crippen molar-refractivity contribution >= 4 is 34.9 Å². The van der Waals surface area contributed by atoms with Crippen LogP contribution < -0.4 is 0 Å². The molecule has 4 rings (SSSR count). The monoisotopic (exact) mass is 381 g/mol. The number of thiocarbonyl (C=S) groups is 1. The third-order valence-corrected chi connectivity index (χ3v) is 6.00. The molecule has 0 N–H and O–H groups in total. The summed E-state index contributed by atoms with van der Waals surface area (Å²) >= 11 is 10.2. The molecule has 1 aliphatic heterocycles. The first-order valence-corrected chi connectivity index (χ1v) is 10.3. The lowest BCUT2D eigenvalue weighted by atomic mass is 9.89. The first kappa shape index (κ1) is 17.7. The van der Waals surface area contributed by atoms with E-state index in [1.807, 2.05) is 0 Å². The van der Waals surface area contributed by atoms with Gasteiger partial charge in [-0.2, -0.15) is 0 Å². The molecule has 1 saturated carbocycles. The van der Waals surface area contributed by atoms with Crippen LogP contribution in [0.4, 0.5) is 0 Å². The molecule has 2 aromatic rings. The van der Waals surface area contributed by atoms with Crippen LogP contribution in [0.2, 0.25) is 0 Å². The van der Waals surface area contributed by atoms with E-state index in [1.165, 1.54) is 36.8 Å². The maximum absolute atomic E-state index is 5.61. The minimum atomic E-state index is 0.535. The summed E-state index contributed by atoms with van der Waals surface area (Å²) in [6.07, 6.45) is 5.09. The maximum atomic E-state index is 5.61. The summed E-state index contributed by atoms with van der Waals surface area (Å²) in [5, 5.41) is 0. The van der Waals surface area contributed by atoms with Gasteiger partial charge in [0.1, 0.15) is 25.2 Å². The number of amidine groups is 1. The van der Waals surface area contributed by atoms with Crippen LogP contribution in [0, 0.1) is 0 Å². The highest BCUT2D eigenvalue weighted by Crippen LogP contribution is 2.33. The predicted molar refractivity (Wildman–Crippen MR) is 115 cm³/mol. The van der Waals surface area contributed by atoms with Crippen molar-refractivity contribution in [2.45, 2.75) is 50.9 Å². The smallest absolute Gasteiger partial charge is 0.249 e. The molecular formula is C22H25N2S2+. The van der Waals surface area contributed by atoms with Gasteiger partial charge in [0, 0.05) is 0 Å². The lowest BCUT2D eigenvalue weighted by Gasteiger charge is -2.27. The second kappa shape index (κ2) is 7.93. The van der Waals surface area contributed by atoms with Crippen LogP contribution in [0.5, 0.6) is 0 Å². The average molecular weight is 382 g/mol. The van der Waals surface area contributed by atoms with Gasteiger partial charge >= 0.3 is 0 Å². The zero-order valence-corrected chi connectivity index (χ0v) is 16.6. The molecule has 0 bridgehead atoms. The van der Waals surface area contributed by atoms with Gasteiger partial charge in [-0.25, -0.2) is 9.48 Å². The van der Waals surface area contributed by atoms with Gasteiger partial charge in [-0.1, -0.05) is 72.9 Å². The van der Waals surface area contributed by atoms with Crippen molar-refractivity contribution in [1.29, 1.82) is 0 Å². The Labute approximate surface area is 167 Å². The Bertz CT molecular complexity index is 801. The Morgan fingerprint density at radius 3 is 2.23 bits per heavy atom. The van der Waals surface area contributed by atoms with Gasteiger partial charge in [0.05, 0.1) is 0 Å². The SMILES string of the molecule is S=C(S)C1=[N+](Cc2ccccc2)[C@@H]2CCCC[C@H]2N1Cc1ccccc1. The average Bonchev–Trinajstić information content (AvgIpc) is 2.97. The third kappa shape index (κ3) is 3.58. The highest BCUT2D eigenvalue weighted by atomic mass is 32.1. The van der Waals surface area contributed by atoms with Gasteiger partial charge < -0.3 is 0 Å². The summed E-state index contributed by atoms with van der Waals surface area (Å²) < 4.78 is 3.24. The van der Waals surface area contributed by atoms with Gasteiger partial charge in [-0.15, -0.1) is 12.6 Å². The van der Waals surface area contributed by atoms with E-state index in [4.69, 9.17) is 12.2 Å². The van der Waals surface area contributed by atoms with E-state index in [0.29, 0.717) is 16.3 Å². The lowest BCUT2D eigenvalue weighted by molar-refractivity contribution is -0.576. The molecule has 2 nitrogen and oxygen atoms in total. The van der Waals surface area contributed by atoms with Crippen molar-refractivity contribution in [3.05, 3.63) is 71.8 Å². The summed E-state index contributed by atoms with van der Waals surface area (Å²) in [5.41, 5.74) is 2.67. The number of fused-ring (bicyclic) bond motifs is 1. The molecule has 0 spiro atoms. The van der Waals surface area contributed by atoms with Crippen LogP contribution in [0.15, 0.2) is 60.7 Å². The van der Waals surface area contributed by atoms with Crippen molar-refractivity contribution < 1.29 is 4.58 Å². The predicted octanol–water partition coefficient (Wildman–Crippen LogP) is 4.68. The fraction of sp³-hybridized carbons (Fsp3) is 0.364. The Morgan fingerprint density at radius 2 is 1.58 bits per heavy atom. The molecule has 26 heavy (non-hydrogen) atoms. The minimum Gasteiger partial charge on any atom is -0.249 e. The largest absolute Gasteiger partial charge is 0.298 e. The first-order chi connectivity index (χ1) is 12.7. The molecule has 1 fully saturated rings. The van der Waals surface area contributed by atoms with E-state index in [2.05, 4.69) is 82.8 Å². The summed E-state index contributed by atoms with van der Waals surface area (Å²) in [4.78, 5) is 2.53. The third-order valence-electron chi connectivity index (χ3n) is 5.62. The zero-order valence-electron chi connectivity index (χ0n) is 14.9. The summed E-state index contributed by atoms with van der Waals surface area (Å²) in [6.45, 7) is 1.81. The molecule has 0 aromatic heterocycles. The van der Waals surface area contributed by atoms with Gasteiger partial charge in [-0.05, 0) is 36.8 Å². The number of rotatable bonds is 5. The van der Waals surface area contributed by atoms with Crippen molar-refractivity contribution in [2.75, 3.05) is 0 Å². The van der Waals surface area contributed by atoms with Gasteiger partial charge in [0.2, 0.25) is 0 Å². The maximum Gasteiger partial charge on any atom is 0.298 e. The van der Waals surface area contributed by atoms with E-state index in [-0.39, 0.29) is 0 Å². The van der Waals surface area contributed by atoms with Crippen LogP contribution >= 0.6 is 24.8 Å². The van der Waals surface area contributed by atoms with Crippen LogP contribution in [0.25, 0.3) is 0 Å². The van der Waals surface area contributed by atoms with Crippen molar-refractivity contribution in [3.63, 3.8) is 0 Å². The van der Waals surface area contributed by atoms with E-state index in [9.17, 15) is 0 Å². The highest BCUT2D eigenvalue weighted by molar-refractivity contribution is 8.13. The molecule has 1 aliphatic carbocycles. The van der Waals surface area contributed by atoms with E-state index >= 15 is 0 Å². The fourth-order valence-electron chi connectivity index (χ4n) is 4.49. The van der Waals surface area contributed by atoms with E-state index < -0.39 is 0 Å². The molecule has 4 heteroatoms. The number of hydrogen-bond acceptors (Lipinski definition) is 2. The standard InChI is InChI=1S/C22H24N2S2/c25-22(26)21-23(15-17-9-3-1-4-10-17)19-13-7-8-14-20(19)24(21)16-18-11-5-2-6-12-18/h1-6,9-12,19-20H,7-8,13-16H2/p+1/t19-,20-/m1/s1. The Morgan fingerprint density at radius 1 is 0.962 bits per heavy atom. The molecule has 0 unspecified atom stereocenters. The number of benzene rings is 2. The van der Waals surface area contributed by atoms with Gasteiger partial charge in [0.25, 0.3) is 5.84 Å². The minimum absolute atomic E-state index is 0.535. The zero-order chi connectivity index (χ0) is 17.9. The second-order valence-corrected chi connectivity index (χ2v) is 8.43. The molecule has 0 amide bonds. The van der Waals surface area contributed by atoms with Crippen molar-refractivity contribution in [3.8, 4) is 0 Å². The lowest BCUT2D eigenvalue weighted by Crippen LogP contribution is -2.42. The van der Waals surface area contributed by atoms with Gasteiger partial charge in [0.15, 0.2) is 4.20 Å². The Balaban J connectivity index is 1.72. The van der Waals surface area contributed by atoms with E-state index in [0.717, 1.165) is 18.9 Å². The second-order valence-electron chi connectivity index (χ2n) is 7.27. The Hall–Kier alpha value is -1.65. The van der Waals surface area contributed by atoms with Crippen LogP contribution in [0.3, 0.4) is 0 Å². The van der Waals surface area contributed by atoms with Crippen molar-refractivity contribution in [2.24, 2.45) is 0 Å². The topological polar surface area (TPSA) is 6.25 Å². The fourth-order valence-corrected chi connectivity index (χ4v) is 4.98. The summed E-state index contributed by atoms with van der Waals surface area (Å²) in [7, 11) is 0.